The third-order valence-corrected chi connectivity index (χ3v) is 6.13. The predicted molar refractivity (Wildman–Crippen MR) is 101 cm³/mol. The summed E-state index contributed by atoms with van der Waals surface area (Å²) in [6.07, 6.45) is 6.18. The van der Waals surface area contributed by atoms with Crippen LogP contribution in [0.2, 0.25) is 10.0 Å². The minimum atomic E-state index is 0.107. The number of carbonyl (C=O) groups is 1. The number of carbonyl (C=O) groups excluding carboxylic acids is 1. The molecule has 0 atom stereocenters. The Bertz CT molecular complexity index is 739. The largest absolute Gasteiger partial charge is 0.302 e. The van der Waals surface area contributed by atoms with Gasteiger partial charge < -0.3 is 5.32 Å². The third-order valence-electron chi connectivity index (χ3n) is 4.46. The van der Waals surface area contributed by atoms with Crippen LogP contribution >= 0.6 is 34.5 Å². The number of amides is 1. The van der Waals surface area contributed by atoms with Crippen molar-refractivity contribution in [3.63, 3.8) is 0 Å². The van der Waals surface area contributed by atoms with E-state index in [0.717, 1.165) is 41.8 Å². The van der Waals surface area contributed by atoms with Crippen LogP contribution in [-0.2, 0) is 11.2 Å². The smallest absolute Gasteiger partial charge is 0.229 e. The number of hydrogen-bond donors (Lipinski definition) is 1. The minimum Gasteiger partial charge on any atom is -0.302 e. The van der Waals surface area contributed by atoms with E-state index in [0.29, 0.717) is 21.6 Å². The molecule has 0 saturated heterocycles. The standard InChI is InChI=1S/C18H20Cl2N2OS/c1-11-16(10-13-9-14(19)7-8-15(13)20)24-18(21-11)22-17(23)12-5-3-2-4-6-12/h7-9,12H,2-6,10H2,1H3,(H,21,22,23). The van der Waals surface area contributed by atoms with Crippen LogP contribution in [0.25, 0.3) is 0 Å². The highest BCUT2D eigenvalue weighted by molar-refractivity contribution is 7.15. The fourth-order valence-electron chi connectivity index (χ4n) is 3.07. The van der Waals surface area contributed by atoms with Gasteiger partial charge in [0.05, 0.1) is 5.69 Å². The number of benzene rings is 1. The van der Waals surface area contributed by atoms with Crippen molar-refractivity contribution in [2.45, 2.75) is 45.4 Å². The molecule has 0 unspecified atom stereocenters. The first-order chi connectivity index (χ1) is 11.5. The normalized spacial score (nSPS) is 15.5. The summed E-state index contributed by atoms with van der Waals surface area (Å²) in [6, 6.07) is 5.47. The zero-order chi connectivity index (χ0) is 17.1. The van der Waals surface area contributed by atoms with Crippen molar-refractivity contribution in [3.05, 3.63) is 44.4 Å². The molecular weight excluding hydrogens is 363 g/mol. The zero-order valence-electron chi connectivity index (χ0n) is 13.6. The van der Waals surface area contributed by atoms with Gasteiger partial charge in [-0.05, 0) is 43.5 Å². The highest BCUT2D eigenvalue weighted by atomic mass is 35.5. The van der Waals surface area contributed by atoms with E-state index in [1.54, 1.807) is 12.1 Å². The van der Waals surface area contributed by atoms with Gasteiger partial charge in [-0.25, -0.2) is 4.98 Å². The Balaban J connectivity index is 1.70. The van der Waals surface area contributed by atoms with Crippen LogP contribution in [0.3, 0.4) is 0 Å². The lowest BCUT2D eigenvalue weighted by Gasteiger charge is -2.19. The number of thiazole rings is 1. The van der Waals surface area contributed by atoms with Gasteiger partial charge in [0.2, 0.25) is 5.91 Å². The Kier molecular flexibility index (Phi) is 5.80. The molecular formula is C18H20Cl2N2OS. The summed E-state index contributed by atoms with van der Waals surface area (Å²) >= 11 is 13.8. The van der Waals surface area contributed by atoms with Crippen LogP contribution in [0.1, 0.15) is 48.2 Å². The van der Waals surface area contributed by atoms with E-state index in [4.69, 9.17) is 23.2 Å². The monoisotopic (exact) mass is 382 g/mol. The van der Waals surface area contributed by atoms with Gasteiger partial charge in [-0.1, -0.05) is 42.5 Å². The van der Waals surface area contributed by atoms with Crippen LogP contribution in [-0.4, -0.2) is 10.9 Å². The van der Waals surface area contributed by atoms with Crippen LogP contribution < -0.4 is 5.32 Å². The van der Waals surface area contributed by atoms with E-state index in [9.17, 15) is 4.79 Å². The number of rotatable bonds is 4. The number of anilines is 1. The molecule has 1 aliphatic carbocycles. The highest BCUT2D eigenvalue weighted by Crippen LogP contribution is 2.30. The molecule has 1 aromatic heterocycles. The molecule has 6 heteroatoms. The molecule has 1 aliphatic rings. The molecule has 24 heavy (non-hydrogen) atoms. The second-order valence-corrected chi connectivity index (χ2v) is 8.19. The van der Waals surface area contributed by atoms with Crippen molar-refractivity contribution >= 4 is 45.6 Å². The number of hydrogen-bond acceptors (Lipinski definition) is 3. The summed E-state index contributed by atoms with van der Waals surface area (Å²) < 4.78 is 0. The Labute approximate surface area is 156 Å². The van der Waals surface area contributed by atoms with Crippen LogP contribution in [0.5, 0.6) is 0 Å². The average molecular weight is 383 g/mol. The Morgan fingerprint density at radius 3 is 2.79 bits per heavy atom. The van der Waals surface area contributed by atoms with Gasteiger partial charge in [-0.3, -0.25) is 4.79 Å². The Morgan fingerprint density at radius 1 is 1.29 bits per heavy atom. The first kappa shape index (κ1) is 17.7. The average Bonchev–Trinajstić information content (AvgIpc) is 2.91. The van der Waals surface area contributed by atoms with Gasteiger partial charge in [0.25, 0.3) is 0 Å². The van der Waals surface area contributed by atoms with Gasteiger partial charge in [-0.15, -0.1) is 11.3 Å². The zero-order valence-corrected chi connectivity index (χ0v) is 15.9. The maximum absolute atomic E-state index is 12.4. The van der Waals surface area contributed by atoms with Crippen LogP contribution in [0, 0.1) is 12.8 Å². The molecule has 1 fully saturated rings. The molecule has 1 N–H and O–H groups in total. The fourth-order valence-corrected chi connectivity index (χ4v) is 4.44. The number of aryl methyl sites for hydroxylation is 1. The first-order valence-corrected chi connectivity index (χ1v) is 9.81. The lowest BCUT2D eigenvalue weighted by Crippen LogP contribution is -2.24. The van der Waals surface area contributed by atoms with Gasteiger partial charge in [0, 0.05) is 27.3 Å². The summed E-state index contributed by atoms with van der Waals surface area (Å²) in [5, 5.41) is 5.03. The van der Waals surface area contributed by atoms with Crippen molar-refractivity contribution in [1.29, 1.82) is 0 Å². The fraction of sp³-hybridized carbons (Fsp3) is 0.444. The second-order valence-electron chi connectivity index (χ2n) is 6.26. The lowest BCUT2D eigenvalue weighted by atomic mass is 9.89. The molecule has 1 aromatic carbocycles. The van der Waals surface area contributed by atoms with Crippen molar-refractivity contribution < 1.29 is 4.79 Å². The van der Waals surface area contributed by atoms with E-state index >= 15 is 0 Å². The van der Waals surface area contributed by atoms with E-state index < -0.39 is 0 Å². The summed E-state index contributed by atoms with van der Waals surface area (Å²) in [4.78, 5) is 18.0. The quantitative estimate of drug-likeness (QED) is 0.718. The van der Waals surface area contributed by atoms with Crippen LogP contribution in [0.15, 0.2) is 18.2 Å². The van der Waals surface area contributed by atoms with E-state index in [2.05, 4.69) is 10.3 Å². The molecule has 0 spiro atoms. The van der Waals surface area contributed by atoms with E-state index in [1.165, 1.54) is 17.8 Å². The highest BCUT2D eigenvalue weighted by Gasteiger charge is 2.22. The number of halogens is 2. The maximum Gasteiger partial charge on any atom is 0.229 e. The molecule has 1 heterocycles. The second kappa shape index (κ2) is 7.85. The molecule has 2 aromatic rings. The van der Waals surface area contributed by atoms with Gasteiger partial charge in [-0.2, -0.15) is 0 Å². The van der Waals surface area contributed by atoms with Gasteiger partial charge in [0.15, 0.2) is 5.13 Å². The van der Waals surface area contributed by atoms with Crippen molar-refractivity contribution in [2.24, 2.45) is 5.92 Å². The SMILES string of the molecule is Cc1nc(NC(=O)C2CCCCC2)sc1Cc1cc(Cl)ccc1Cl. The molecule has 0 radical (unpaired) electrons. The Morgan fingerprint density at radius 2 is 2.04 bits per heavy atom. The van der Waals surface area contributed by atoms with Crippen LogP contribution in [0.4, 0.5) is 5.13 Å². The van der Waals surface area contributed by atoms with Crippen molar-refractivity contribution in [2.75, 3.05) is 5.32 Å². The molecule has 0 aliphatic heterocycles. The maximum atomic E-state index is 12.4. The summed E-state index contributed by atoms with van der Waals surface area (Å²) in [6.45, 7) is 1.96. The summed E-state index contributed by atoms with van der Waals surface area (Å²) in [5.41, 5.74) is 1.90. The molecule has 0 bridgehead atoms. The number of nitrogens with zero attached hydrogens (tertiary/aromatic N) is 1. The minimum absolute atomic E-state index is 0.107. The molecule has 1 amide bonds. The third kappa shape index (κ3) is 4.29. The predicted octanol–water partition coefficient (Wildman–Crippen LogP) is 5.87. The molecule has 1 saturated carbocycles. The number of nitrogens with one attached hydrogen (secondary N) is 1. The lowest BCUT2D eigenvalue weighted by molar-refractivity contribution is -0.120. The van der Waals surface area contributed by atoms with Crippen molar-refractivity contribution in [1.82, 2.24) is 4.98 Å². The molecule has 3 nitrogen and oxygen atoms in total. The van der Waals surface area contributed by atoms with Gasteiger partial charge in [0.1, 0.15) is 0 Å². The molecule has 3 rings (SSSR count). The number of aromatic nitrogens is 1. The summed E-state index contributed by atoms with van der Waals surface area (Å²) in [7, 11) is 0. The topological polar surface area (TPSA) is 42.0 Å². The summed E-state index contributed by atoms with van der Waals surface area (Å²) in [5.74, 6) is 0.240. The van der Waals surface area contributed by atoms with Crippen molar-refractivity contribution in [3.8, 4) is 0 Å². The molecule has 128 valence electrons. The Hall–Kier alpha value is -1.10. The van der Waals surface area contributed by atoms with E-state index in [1.807, 2.05) is 13.0 Å². The van der Waals surface area contributed by atoms with Gasteiger partial charge >= 0.3 is 0 Å². The van der Waals surface area contributed by atoms with E-state index in [-0.39, 0.29) is 11.8 Å². The first-order valence-electron chi connectivity index (χ1n) is 8.24.